The van der Waals surface area contributed by atoms with E-state index < -0.39 is 0 Å². The summed E-state index contributed by atoms with van der Waals surface area (Å²) in [5.41, 5.74) is 0.924. The summed E-state index contributed by atoms with van der Waals surface area (Å²) in [7, 11) is 1.61. The van der Waals surface area contributed by atoms with Gasteiger partial charge in [-0.05, 0) is 24.0 Å². The van der Waals surface area contributed by atoms with E-state index in [-0.39, 0.29) is 5.91 Å². The third kappa shape index (κ3) is 3.93. The summed E-state index contributed by atoms with van der Waals surface area (Å²) in [5.74, 6) is 0.673. The zero-order valence-electron chi connectivity index (χ0n) is 10.5. The van der Waals surface area contributed by atoms with Crippen molar-refractivity contribution >= 4 is 34.1 Å². The van der Waals surface area contributed by atoms with E-state index in [0.29, 0.717) is 11.6 Å². The molecule has 0 saturated carbocycles. The van der Waals surface area contributed by atoms with Crippen molar-refractivity contribution in [3.8, 4) is 5.75 Å². The summed E-state index contributed by atoms with van der Waals surface area (Å²) in [4.78, 5) is 11.8. The van der Waals surface area contributed by atoms with Gasteiger partial charge in [0.15, 0.2) is 4.34 Å². The number of aromatic nitrogens is 2. The molecule has 19 heavy (non-hydrogen) atoms. The Balaban J connectivity index is 1.93. The van der Waals surface area contributed by atoms with Crippen LogP contribution < -0.4 is 10.1 Å². The molecule has 1 N–H and O–H groups in total. The lowest BCUT2D eigenvalue weighted by Gasteiger charge is -2.03. The number of nitrogens with zero attached hydrogens (tertiary/aromatic N) is 2. The molecule has 5 nitrogen and oxygen atoms in total. The van der Waals surface area contributed by atoms with Crippen molar-refractivity contribution in [3.63, 3.8) is 0 Å². The fraction of sp³-hybridized carbons (Fsp3) is 0.250. The zero-order valence-corrected chi connectivity index (χ0v) is 12.2. The Morgan fingerprint density at radius 3 is 2.68 bits per heavy atom. The molecule has 0 unspecified atom stereocenters. The molecule has 0 fully saturated rings. The molecule has 1 heterocycles. The second kappa shape index (κ2) is 6.53. The Kier molecular flexibility index (Phi) is 4.75. The van der Waals surface area contributed by atoms with Crippen molar-refractivity contribution in [2.75, 3.05) is 18.7 Å². The average Bonchev–Trinajstić information content (AvgIpc) is 2.87. The minimum Gasteiger partial charge on any atom is -0.497 e. The van der Waals surface area contributed by atoms with Crippen LogP contribution in [0.1, 0.15) is 5.56 Å². The molecule has 0 aliphatic heterocycles. The predicted molar refractivity (Wildman–Crippen MR) is 77.0 cm³/mol. The van der Waals surface area contributed by atoms with Gasteiger partial charge in [0.2, 0.25) is 11.0 Å². The summed E-state index contributed by atoms with van der Waals surface area (Å²) in [6.07, 6.45) is 2.22. The smallest absolute Gasteiger partial charge is 0.230 e. The number of anilines is 1. The van der Waals surface area contributed by atoms with Gasteiger partial charge in [0, 0.05) is 0 Å². The lowest BCUT2D eigenvalue weighted by Crippen LogP contribution is -2.14. The van der Waals surface area contributed by atoms with Gasteiger partial charge in [-0.25, -0.2) is 0 Å². The van der Waals surface area contributed by atoms with Gasteiger partial charge in [0.1, 0.15) is 5.75 Å². The number of ether oxygens (including phenoxy) is 1. The molecule has 1 amide bonds. The minimum absolute atomic E-state index is 0.103. The summed E-state index contributed by atoms with van der Waals surface area (Å²) in [6.45, 7) is 0. The van der Waals surface area contributed by atoms with Crippen LogP contribution in [-0.2, 0) is 11.2 Å². The van der Waals surface area contributed by atoms with Crippen molar-refractivity contribution in [2.24, 2.45) is 0 Å². The molecular formula is C12H13N3O2S2. The van der Waals surface area contributed by atoms with Crippen LogP contribution >= 0.6 is 23.1 Å². The van der Waals surface area contributed by atoms with E-state index in [2.05, 4.69) is 15.5 Å². The van der Waals surface area contributed by atoms with Gasteiger partial charge in [0.25, 0.3) is 0 Å². The molecule has 0 bridgehead atoms. The van der Waals surface area contributed by atoms with Crippen LogP contribution in [0.3, 0.4) is 0 Å². The SMILES string of the molecule is COc1ccc(CC(=O)Nc2nnc(SC)s2)cc1. The van der Waals surface area contributed by atoms with Crippen LogP contribution in [0.4, 0.5) is 5.13 Å². The van der Waals surface area contributed by atoms with Crippen molar-refractivity contribution in [1.29, 1.82) is 0 Å². The molecule has 0 aliphatic carbocycles. The molecule has 0 aliphatic rings. The highest BCUT2D eigenvalue weighted by Crippen LogP contribution is 2.23. The van der Waals surface area contributed by atoms with E-state index in [1.807, 2.05) is 30.5 Å². The molecule has 1 aromatic heterocycles. The first kappa shape index (κ1) is 13.8. The lowest BCUT2D eigenvalue weighted by atomic mass is 10.1. The first-order chi connectivity index (χ1) is 9.21. The van der Waals surface area contributed by atoms with Gasteiger partial charge in [-0.1, -0.05) is 35.2 Å². The van der Waals surface area contributed by atoms with Gasteiger partial charge < -0.3 is 10.1 Å². The van der Waals surface area contributed by atoms with Gasteiger partial charge in [0.05, 0.1) is 13.5 Å². The third-order valence-corrected chi connectivity index (χ3v) is 4.17. The lowest BCUT2D eigenvalue weighted by molar-refractivity contribution is -0.115. The van der Waals surface area contributed by atoms with Crippen LogP contribution in [0.25, 0.3) is 0 Å². The number of nitrogens with one attached hydrogen (secondary N) is 1. The van der Waals surface area contributed by atoms with Crippen LogP contribution in [-0.4, -0.2) is 29.5 Å². The predicted octanol–water partition coefficient (Wildman–Crippen LogP) is 2.45. The topological polar surface area (TPSA) is 64.1 Å². The normalized spacial score (nSPS) is 10.2. The zero-order chi connectivity index (χ0) is 13.7. The van der Waals surface area contributed by atoms with Crippen molar-refractivity contribution in [1.82, 2.24) is 10.2 Å². The standard InChI is InChI=1S/C12H13N3O2S2/c1-17-9-5-3-8(4-6-9)7-10(16)13-11-14-15-12(18-2)19-11/h3-6H,7H2,1-2H3,(H,13,14,16). The fourth-order valence-electron chi connectivity index (χ4n) is 1.44. The van der Waals surface area contributed by atoms with Crippen LogP contribution in [0.5, 0.6) is 5.75 Å². The molecule has 7 heteroatoms. The van der Waals surface area contributed by atoms with Crippen molar-refractivity contribution in [2.45, 2.75) is 10.8 Å². The van der Waals surface area contributed by atoms with E-state index in [0.717, 1.165) is 15.7 Å². The van der Waals surface area contributed by atoms with Gasteiger partial charge >= 0.3 is 0 Å². The maximum Gasteiger partial charge on any atom is 0.230 e. The average molecular weight is 295 g/mol. The highest BCUT2D eigenvalue weighted by Gasteiger charge is 2.08. The van der Waals surface area contributed by atoms with E-state index in [1.54, 1.807) is 7.11 Å². The summed E-state index contributed by atoms with van der Waals surface area (Å²) in [6, 6.07) is 7.40. The highest BCUT2D eigenvalue weighted by molar-refractivity contribution is 8.00. The molecule has 0 radical (unpaired) electrons. The summed E-state index contributed by atoms with van der Waals surface area (Å²) >= 11 is 2.87. The largest absolute Gasteiger partial charge is 0.497 e. The van der Waals surface area contributed by atoms with Crippen molar-refractivity contribution < 1.29 is 9.53 Å². The van der Waals surface area contributed by atoms with Crippen molar-refractivity contribution in [3.05, 3.63) is 29.8 Å². The van der Waals surface area contributed by atoms with Gasteiger partial charge in [-0.2, -0.15) is 0 Å². The monoisotopic (exact) mass is 295 g/mol. The Hall–Kier alpha value is -1.60. The number of amides is 1. The van der Waals surface area contributed by atoms with Crippen LogP contribution in [0.15, 0.2) is 28.6 Å². The van der Waals surface area contributed by atoms with Crippen LogP contribution in [0, 0.1) is 0 Å². The van der Waals surface area contributed by atoms with E-state index in [9.17, 15) is 4.79 Å². The fourth-order valence-corrected chi connectivity index (χ4v) is 2.62. The molecule has 2 aromatic rings. The maximum absolute atomic E-state index is 11.8. The van der Waals surface area contributed by atoms with Crippen LogP contribution in [0.2, 0.25) is 0 Å². The Labute approximate surface area is 119 Å². The number of benzene rings is 1. The Bertz CT molecular complexity index is 554. The Morgan fingerprint density at radius 2 is 2.11 bits per heavy atom. The number of hydrogen-bond acceptors (Lipinski definition) is 6. The molecule has 0 spiro atoms. The highest BCUT2D eigenvalue weighted by atomic mass is 32.2. The quantitative estimate of drug-likeness (QED) is 0.678. The molecule has 0 saturated heterocycles. The minimum atomic E-state index is -0.103. The Morgan fingerprint density at radius 1 is 1.37 bits per heavy atom. The maximum atomic E-state index is 11.8. The molecule has 1 aromatic carbocycles. The molecule has 2 rings (SSSR count). The molecular weight excluding hydrogens is 282 g/mol. The summed E-state index contributed by atoms with van der Waals surface area (Å²) < 4.78 is 5.90. The number of thioether (sulfide) groups is 1. The molecule has 0 atom stereocenters. The first-order valence-corrected chi connectivity index (χ1v) is 7.55. The number of rotatable bonds is 5. The van der Waals surface area contributed by atoms with E-state index in [4.69, 9.17) is 4.74 Å². The van der Waals surface area contributed by atoms with Gasteiger partial charge in [-0.3, -0.25) is 4.79 Å². The molecule has 100 valence electrons. The van der Waals surface area contributed by atoms with E-state index in [1.165, 1.54) is 23.1 Å². The first-order valence-electron chi connectivity index (χ1n) is 5.51. The number of carbonyl (C=O) groups excluding carboxylic acids is 1. The van der Waals surface area contributed by atoms with E-state index >= 15 is 0 Å². The second-order valence-corrected chi connectivity index (χ2v) is 5.68. The number of hydrogen-bond donors (Lipinski definition) is 1. The number of methoxy groups -OCH3 is 1. The number of carbonyl (C=O) groups is 1. The second-order valence-electron chi connectivity index (χ2n) is 3.65. The van der Waals surface area contributed by atoms with Gasteiger partial charge in [-0.15, -0.1) is 10.2 Å². The third-order valence-electron chi connectivity index (χ3n) is 2.35. The summed E-state index contributed by atoms with van der Waals surface area (Å²) in [5, 5.41) is 11.1.